The monoisotopic (exact) mass is 228 g/mol. The van der Waals surface area contributed by atoms with Crippen LogP contribution >= 0.6 is 27.3 Å². The Morgan fingerprint density at radius 3 is 2.82 bits per heavy atom. The summed E-state index contributed by atoms with van der Waals surface area (Å²) in [5.74, 6) is 0. The van der Waals surface area contributed by atoms with Crippen molar-refractivity contribution in [2.75, 3.05) is 0 Å². The van der Waals surface area contributed by atoms with Crippen LogP contribution in [0.25, 0.3) is 10.1 Å². The third-order valence-corrected chi connectivity index (χ3v) is 2.81. The van der Waals surface area contributed by atoms with E-state index in [-0.39, 0.29) is 7.43 Å². The highest BCUT2D eigenvalue weighted by atomic mass is 79.9. The SMILES string of the molecule is Brc1ccc2sccc2c1.C. The van der Waals surface area contributed by atoms with E-state index in [0.29, 0.717) is 0 Å². The lowest BCUT2D eigenvalue weighted by atomic mass is 10.3. The standard InChI is InChI=1S/C8H5BrS.CH4/c9-7-1-2-8-6(5-7)3-4-10-8;/h1-5H;1H4. The van der Waals surface area contributed by atoms with Gasteiger partial charge in [-0.1, -0.05) is 23.4 Å². The van der Waals surface area contributed by atoms with Crippen LogP contribution in [0.2, 0.25) is 0 Å². The topological polar surface area (TPSA) is 0 Å². The highest BCUT2D eigenvalue weighted by Gasteiger charge is 1.92. The van der Waals surface area contributed by atoms with E-state index in [1.54, 1.807) is 11.3 Å². The molecule has 0 aliphatic heterocycles. The summed E-state index contributed by atoms with van der Waals surface area (Å²) in [7, 11) is 0. The van der Waals surface area contributed by atoms with E-state index < -0.39 is 0 Å². The van der Waals surface area contributed by atoms with Crippen molar-refractivity contribution in [2.24, 2.45) is 0 Å². The molecular weight excluding hydrogens is 220 g/mol. The van der Waals surface area contributed by atoms with Crippen LogP contribution in [0.15, 0.2) is 34.1 Å². The molecule has 0 N–H and O–H groups in total. The van der Waals surface area contributed by atoms with Crippen molar-refractivity contribution < 1.29 is 0 Å². The predicted molar refractivity (Wildman–Crippen MR) is 56.3 cm³/mol. The quantitative estimate of drug-likeness (QED) is 0.631. The first kappa shape index (κ1) is 8.75. The molecule has 0 nitrogen and oxygen atoms in total. The van der Waals surface area contributed by atoms with Gasteiger partial charge in [-0.2, -0.15) is 0 Å². The van der Waals surface area contributed by atoms with Crippen LogP contribution in [0, 0.1) is 0 Å². The lowest BCUT2D eigenvalue weighted by Crippen LogP contribution is -1.61. The van der Waals surface area contributed by atoms with Gasteiger partial charge in [-0.25, -0.2) is 0 Å². The molecule has 2 rings (SSSR count). The summed E-state index contributed by atoms with van der Waals surface area (Å²) in [4.78, 5) is 0. The third-order valence-electron chi connectivity index (χ3n) is 1.41. The summed E-state index contributed by atoms with van der Waals surface area (Å²) in [6.07, 6.45) is 0. The van der Waals surface area contributed by atoms with Gasteiger partial charge in [0.25, 0.3) is 0 Å². The average molecular weight is 229 g/mol. The minimum absolute atomic E-state index is 0. The predicted octanol–water partition coefficient (Wildman–Crippen LogP) is 4.30. The minimum Gasteiger partial charge on any atom is -0.144 e. The highest BCUT2D eigenvalue weighted by Crippen LogP contribution is 2.23. The number of hydrogen-bond acceptors (Lipinski definition) is 1. The van der Waals surface area contributed by atoms with Crippen LogP contribution in [0.1, 0.15) is 7.43 Å². The number of thiophene rings is 1. The maximum atomic E-state index is 3.42. The molecule has 0 atom stereocenters. The van der Waals surface area contributed by atoms with Crippen LogP contribution in [0.4, 0.5) is 0 Å². The smallest absolute Gasteiger partial charge is 0.0343 e. The normalized spacial score (nSPS) is 9.55. The molecule has 0 saturated carbocycles. The molecule has 0 saturated heterocycles. The van der Waals surface area contributed by atoms with Crippen LogP contribution in [-0.2, 0) is 0 Å². The Balaban J connectivity index is 0.000000605. The summed E-state index contributed by atoms with van der Waals surface area (Å²) in [6, 6.07) is 8.46. The first-order valence-electron chi connectivity index (χ1n) is 2.99. The molecule has 2 aromatic rings. The number of fused-ring (bicyclic) bond motifs is 1. The van der Waals surface area contributed by atoms with Gasteiger partial charge in [0.15, 0.2) is 0 Å². The lowest BCUT2D eigenvalue weighted by Gasteiger charge is -1.88. The van der Waals surface area contributed by atoms with Gasteiger partial charge in [0, 0.05) is 9.17 Å². The van der Waals surface area contributed by atoms with E-state index in [2.05, 4.69) is 45.6 Å². The van der Waals surface area contributed by atoms with Gasteiger partial charge in [-0.3, -0.25) is 0 Å². The molecule has 0 bridgehead atoms. The van der Waals surface area contributed by atoms with Gasteiger partial charge in [0.2, 0.25) is 0 Å². The van der Waals surface area contributed by atoms with Crippen molar-refractivity contribution in [2.45, 2.75) is 7.43 Å². The molecule has 2 heteroatoms. The zero-order valence-electron chi connectivity index (χ0n) is 5.17. The molecule has 0 radical (unpaired) electrons. The van der Waals surface area contributed by atoms with Crippen molar-refractivity contribution >= 4 is 37.4 Å². The molecular formula is C9H9BrS. The van der Waals surface area contributed by atoms with E-state index in [0.717, 1.165) is 4.47 Å². The zero-order chi connectivity index (χ0) is 6.97. The highest BCUT2D eigenvalue weighted by molar-refractivity contribution is 9.10. The van der Waals surface area contributed by atoms with Gasteiger partial charge in [-0.05, 0) is 35.0 Å². The second-order valence-corrected chi connectivity index (χ2v) is 3.97. The fourth-order valence-electron chi connectivity index (χ4n) is 0.938. The van der Waals surface area contributed by atoms with Crippen molar-refractivity contribution in [1.29, 1.82) is 0 Å². The van der Waals surface area contributed by atoms with Crippen LogP contribution < -0.4 is 0 Å². The van der Waals surface area contributed by atoms with Crippen LogP contribution in [-0.4, -0.2) is 0 Å². The van der Waals surface area contributed by atoms with E-state index in [1.807, 2.05) is 0 Å². The molecule has 58 valence electrons. The number of rotatable bonds is 0. The molecule has 0 unspecified atom stereocenters. The van der Waals surface area contributed by atoms with Crippen LogP contribution in [0.3, 0.4) is 0 Å². The summed E-state index contributed by atoms with van der Waals surface area (Å²) in [5, 5.41) is 3.43. The minimum atomic E-state index is 0. The fourth-order valence-corrected chi connectivity index (χ4v) is 2.09. The van der Waals surface area contributed by atoms with E-state index in [1.165, 1.54) is 10.1 Å². The summed E-state index contributed by atoms with van der Waals surface area (Å²) in [6.45, 7) is 0. The fraction of sp³-hybridized carbons (Fsp3) is 0.111. The molecule has 11 heavy (non-hydrogen) atoms. The Bertz CT molecular complexity index is 351. The van der Waals surface area contributed by atoms with Gasteiger partial charge in [0.1, 0.15) is 0 Å². The van der Waals surface area contributed by atoms with Gasteiger partial charge in [-0.15, -0.1) is 11.3 Å². The molecule has 0 aliphatic carbocycles. The largest absolute Gasteiger partial charge is 0.144 e. The van der Waals surface area contributed by atoms with Crippen molar-refractivity contribution in [3.05, 3.63) is 34.1 Å². The third kappa shape index (κ3) is 1.63. The maximum absolute atomic E-state index is 3.42. The Morgan fingerprint density at radius 1 is 1.18 bits per heavy atom. The number of benzene rings is 1. The zero-order valence-corrected chi connectivity index (χ0v) is 7.58. The maximum Gasteiger partial charge on any atom is 0.0343 e. The van der Waals surface area contributed by atoms with Gasteiger partial charge < -0.3 is 0 Å². The van der Waals surface area contributed by atoms with E-state index >= 15 is 0 Å². The van der Waals surface area contributed by atoms with Gasteiger partial charge in [0.05, 0.1) is 0 Å². The molecule has 1 heterocycles. The Kier molecular flexibility index (Phi) is 2.68. The Hall–Kier alpha value is -0.340. The van der Waals surface area contributed by atoms with Crippen molar-refractivity contribution in [1.82, 2.24) is 0 Å². The Morgan fingerprint density at radius 2 is 2.00 bits per heavy atom. The first-order valence-corrected chi connectivity index (χ1v) is 4.66. The van der Waals surface area contributed by atoms with Gasteiger partial charge >= 0.3 is 0 Å². The van der Waals surface area contributed by atoms with E-state index in [9.17, 15) is 0 Å². The lowest BCUT2D eigenvalue weighted by molar-refractivity contribution is 1.77. The van der Waals surface area contributed by atoms with Crippen molar-refractivity contribution in [3.8, 4) is 0 Å². The first-order chi connectivity index (χ1) is 4.86. The molecule has 1 aromatic carbocycles. The second kappa shape index (κ2) is 3.37. The molecule has 0 amide bonds. The summed E-state index contributed by atoms with van der Waals surface area (Å²) in [5.41, 5.74) is 0. The Labute approximate surface area is 79.0 Å². The molecule has 0 spiro atoms. The second-order valence-electron chi connectivity index (χ2n) is 2.10. The molecule has 0 aliphatic rings. The average Bonchev–Trinajstić information content (AvgIpc) is 2.33. The van der Waals surface area contributed by atoms with E-state index in [4.69, 9.17) is 0 Å². The number of halogens is 1. The van der Waals surface area contributed by atoms with Crippen molar-refractivity contribution in [3.63, 3.8) is 0 Å². The summed E-state index contributed by atoms with van der Waals surface area (Å²) >= 11 is 5.20. The number of hydrogen-bond donors (Lipinski definition) is 0. The molecule has 1 aromatic heterocycles. The molecule has 0 fully saturated rings. The summed E-state index contributed by atoms with van der Waals surface area (Å²) < 4.78 is 2.50. The van der Waals surface area contributed by atoms with Crippen LogP contribution in [0.5, 0.6) is 0 Å².